The molecule has 2 saturated carbocycles. The van der Waals surface area contributed by atoms with E-state index < -0.39 is 0 Å². The van der Waals surface area contributed by atoms with Gasteiger partial charge in [-0.3, -0.25) is 0 Å². The molecule has 0 bridgehead atoms. The second kappa shape index (κ2) is 7.11. The molecular weight excluding hydrogens is 232 g/mol. The van der Waals surface area contributed by atoms with Gasteiger partial charge in [-0.2, -0.15) is 0 Å². The van der Waals surface area contributed by atoms with E-state index in [0.29, 0.717) is 5.92 Å². The first-order chi connectivity index (χ1) is 9.19. The summed E-state index contributed by atoms with van der Waals surface area (Å²) in [6.07, 6.45) is 15.5. The zero-order valence-electron chi connectivity index (χ0n) is 13.2. The third-order valence-corrected chi connectivity index (χ3v) is 6.08. The lowest BCUT2D eigenvalue weighted by atomic mass is 9.63. The van der Waals surface area contributed by atoms with Crippen LogP contribution in [0.3, 0.4) is 0 Å². The van der Waals surface area contributed by atoms with Crippen molar-refractivity contribution >= 4 is 0 Å². The summed E-state index contributed by atoms with van der Waals surface area (Å²) in [4.78, 5) is 0. The fraction of sp³-hybridized carbons (Fsp3) is 1.00. The fourth-order valence-electron chi connectivity index (χ4n) is 4.79. The van der Waals surface area contributed by atoms with E-state index in [1.807, 2.05) is 0 Å². The molecule has 0 aromatic heterocycles. The molecule has 0 heterocycles. The standard InChI is InChI=1S/C18H34O/c1-3-15(4-2)14-18(19)13-9-8-12-17(18)16-10-6-5-7-11-16/h15-17,19H,3-14H2,1-2H3. The lowest BCUT2D eigenvalue weighted by Gasteiger charge is -2.46. The lowest BCUT2D eigenvalue weighted by Crippen LogP contribution is -2.46. The van der Waals surface area contributed by atoms with Crippen LogP contribution in [-0.4, -0.2) is 10.7 Å². The molecule has 0 aromatic carbocycles. The van der Waals surface area contributed by atoms with Crippen molar-refractivity contribution in [3.63, 3.8) is 0 Å². The van der Waals surface area contributed by atoms with Gasteiger partial charge < -0.3 is 5.11 Å². The third kappa shape index (κ3) is 3.74. The van der Waals surface area contributed by atoms with Gasteiger partial charge in [0, 0.05) is 0 Å². The van der Waals surface area contributed by atoms with E-state index in [0.717, 1.165) is 24.7 Å². The van der Waals surface area contributed by atoms with E-state index >= 15 is 0 Å². The minimum atomic E-state index is -0.322. The molecule has 1 nitrogen and oxygen atoms in total. The highest BCUT2D eigenvalue weighted by molar-refractivity contribution is 4.95. The smallest absolute Gasteiger partial charge is 0.0681 e. The van der Waals surface area contributed by atoms with Gasteiger partial charge in [-0.05, 0) is 37.0 Å². The minimum absolute atomic E-state index is 0.322. The van der Waals surface area contributed by atoms with Crippen LogP contribution >= 0.6 is 0 Å². The highest BCUT2D eigenvalue weighted by Crippen LogP contribution is 2.46. The van der Waals surface area contributed by atoms with E-state index in [1.165, 1.54) is 64.2 Å². The summed E-state index contributed by atoms with van der Waals surface area (Å²) >= 11 is 0. The molecule has 112 valence electrons. The normalized spacial score (nSPS) is 33.8. The van der Waals surface area contributed by atoms with E-state index in [9.17, 15) is 5.11 Å². The molecule has 2 atom stereocenters. The van der Waals surface area contributed by atoms with Crippen molar-refractivity contribution in [2.75, 3.05) is 0 Å². The topological polar surface area (TPSA) is 20.2 Å². The molecule has 2 aliphatic carbocycles. The van der Waals surface area contributed by atoms with Crippen LogP contribution in [0.5, 0.6) is 0 Å². The summed E-state index contributed by atoms with van der Waals surface area (Å²) in [5.74, 6) is 2.17. The summed E-state index contributed by atoms with van der Waals surface area (Å²) in [6.45, 7) is 4.58. The van der Waals surface area contributed by atoms with Gasteiger partial charge in [0.1, 0.15) is 0 Å². The maximum absolute atomic E-state index is 11.3. The van der Waals surface area contributed by atoms with Crippen LogP contribution in [0.1, 0.15) is 90.9 Å². The fourth-order valence-corrected chi connectivity index (χ4v) is 4.79. The molecular formula is C18H34O. The van der Waals surface area contributed by atoms with Crippen LogP contribution in [0.4, 0.5) is 0 Å². The van der Waals surface area contributed by atoms with Gasteiger partial charge >= 0.3 is 0 Å². The van der Waals surface area contributed by atoms with Crippen molar-refractivity contribution in [3.05, 3.63) is 0 Å². The first-order valence-corrected chi connectivity index (χ1v) is 8.92. The average Bonchev–Trinajstić information content (AvgIpc) is 2.46. The quantitative estimate of drug-likeness (QED) is 0.714. The summed E-state index contributed by atoms with van der Waals surface area (Å²) < 4.78 is 0. The SMILES string of the molecule is CCC(CC)CC1(O)CCCCC1C1CCCCC1. The predicted octanol–water partition coefficient (Wildman–Crippen LogP) is 5.31. The van der Waals surface area contributed by atoms with Crippen molar-refractivity contribution in [2.24, 2.45) is 17.8 Å². The second-order valence-electron chi connectivity index (χ2n) is 7.24. The molecule has 2 aliphatic rings. The van der Waals surface area contributed by atoms with E-state index in [-0.39, 0.29) is 5.60 Å². The highest BCUT2D eigenvalue weighted by Gasteiger charge is 2.43. The Labute approximate surface area is 120 Å². The van der Waals surface area contributed by atoms with Gasteiger partial charge in [0.25, 0.3) is 0 Å². The van der Waals surface area contributed by atoms with Gasteiger partial charge in [0.05, 0.1) is 5.60 Å². The Morgan fingerprint density at radius 1 is 0.947 bits per heavy atom. The van der Waals surface area contributed by atoms with Gasteiger partial charge in [-0.1, -0.05) is 71.6 Å². The summed E-state index contributed by atoms with van der Waals surface area (Å²) in [6, 6.07) is 0. The van der Waals surface area contributed by atoms with Crippen LogP contribution in [-0.2, 0) is 0 Å². The van der Waals surface area contributed by atoms with Crippen LogP contribution in [0.2, 0.25) is 0 Å². The molecule has 0 spiro atoms. The molecule has 0 aromatic rings. The first-order valence-electron chi connectivity index (χ1n) is 8.92. The van der Waals surface area contributed by atoms with Crippen molar-refractivity contribution < 1.29 is 5.11 Å². The number of hydrogen-bond acceptors (Lipinski definition) is 1. The average molecular weight is 266 g/mol. The summed E-state index contributed by atoms with van der Waals surface area (Å²) in [7, 11) is 0. The molecule has 0 amide bonds. The molecule has 0 aliphatic heterocycles. The Bertz CT molecular complexity index is 252. The predicted molar refractivity (Wildman–Crippen MR) is 82.2 cm³/mol. The lowest BCUT2D eigenvalue weighted by molar-refractivity contribution is -0.0929. The molecule has 19 heavy (non-hydrogen) atoms. The molecule has 2 unspecified atom stereocenters. The molecule has 0 radical (unpaired) electrons. The van der Waals surface area contributed by atoms with E-state index in [1.54, 1.807) is 0 Å². The maximum atomic E-state index is 11.3. The Kier molecular flexibility index (Phi) is 5.74. The Balaban J connectivity index is 2.04. The van der Waals surface area contributed by atoms with Crippen LogP contribution in [0.25, 0.3) is 0 Å². The minimum Gasteiger partial charge on any atom is -0.390 e. The molecule has 1 N–H and O–H groups in total. The first kappa shape index (κ1) is 15.4. The number of aliphatic hydroxyl groups is 1. The van der Waals surface area contributed by atoms with Crippen LogP contribution in [0.15, 0.2) is 0 Å². The zero-order valence-corrected chi connectivity index (χ0v) is 13.2. The molecule has 0 saturated heterocycles. The van der Waals surface area contributed by atoms with E-state index in [2.05, 4.69) is 13.8 Å². The molecule has 2 fully saturated rings. The van der Waals surface area contributed by atoms with Crippen molar-refractivity contribution in [1.29, 1.82) is 0 Å². The number of rotatable bonds is 5. The Morgan fingerprint density at radius 2 is 1.58 bits per heavy atom. The second-order valence-corrected chi connectivity index (χ2v) is 7.24. The monoisotopic (exact) mass is 266 g/mol. The van der Waals surface area contributed by atoms with Crippen molar-refractivity contribution in [2.45, 2.75) is 96.5 Å². The zero-order chi connectivity index (χ0) is 13.7. The highest BCUT2D eigenvalue weighted by atomic mass is 16.3. The number of hydrogen-bond donors (Lipinski definition) is 1. The van der Waals surface area contributed by atoms with Gasteiger partial charge in [0.15, 0.2) is 0 Å². The third-order valence-electron chi connectivity index (χ3n) is 6.08. The van der Waals surface area contributed by atoms with Gasteiger partial charge in [-0.25, -0.2) is 0 Å². The maximum Gasteiger partial charge on any atom is 0.0681 e. The van der Waals surface area contributed by atoms with E-state index in [4.69, 9.17) is 0 Å². The largest absolute Gasteiger partial charge is 0.390 e. The Morgan fingerprint density at radius 3 is 2.21 bits per heavy atom. The summed E-state index contributed by atoms with van der Waals surface area (Å²) in [5, 5.41) is 11.3. The molecule has 2 rings (SSSR count). The van der Waals surface area contributed by atoms with Gasteiger partial charge in [0.2, 0.25) is 0 Å². The molecule has 1 heteroatoms. The van der Waals surface area contributed by atoms with Crippen LogP contribution in [0, 0.1) is 17.8 Å². The van der Waals surface area contributed by atoms with Gasteiger partial charge in [-0.15, -0.1) is 0 Å². The summed E-state index contributed by atoms with van der Waals surface area (Å²) in [5.41, 5.74) is -0.322. The van der Waals surface area contributed by atoms with Crippen molar-refractivity contribution in [3.8, 4) is 0 Å². The van der Waals surface area contributed by atoms with Crippen molar-refractivity contribution in [1.82, 2.24) is 0 Å². The van der Waals surface area contributed by atoms with Crippen LogP contribution < -0.4 is 0 Å². The Hall–Kier alpha value is -0.0400.